The first-order valence-corrected chi connectivity index (χ1v) is 16.0. The van der Waals surface area contributed by atoms with Crippen LogP contribution in [0.3, 0.4) is 0 Å². The minimum absolute atomic E-state index is 0.00534. The van der Waals surface area contributed by atoms with E-state index in [0.29, 0.717) is 53.2 Å². The molecule has 3 aromatic rings. The summed E-state index contributed by atoms with van der Waals surface area (Å²) in [5.41, 5.74) is 3.48. The van der Waals surface area contributed by atoms with Crippen molar-refractivity contribution >= 4 is 58.7 Å². The second kappa shape index (κ2) is 13.8. The van der Waals surface area contributed by atoms with Gasteiger partial charge in [-0.3, -0.25) is 43.8 Å². The van der Waals surface area contributed by atoms with Crippen LogP contribution in [0, 0.1) is 19.7 Å². The van der Waals surface area contributed by atoms with Gasteiger partial charge in [0.15, 0.2) is 6.61 Å². The molecule has 1 unspecified atom stereocenters. The molecule has 0 bridgehead atoms. The minimum atomic E-state index is -1.12. The number of benzene rings is 2. The molecule has 1 saturated heterocycles. The van der Waals surface area contributed by atoms with Gasteiger partial charge in [0.2, 0.25) is 11.8 Å². The van der Waals surface area contributed by atoms with E-state index in [1.165, 1.54) is 36.4 Å². The molecular formula is C35H33FN6O8. The number of carbonyl (C=O) groups excluding carboxylic acids is 7. The SMILES string of the molecule is Cc1[nH]c(/C=C2\C(=O)Nc3ccc(F)cc32)c(C)c1C(=O)NCCCCNC(=O)COc1cccc2c1C(=O)N(C1CCC(=O)NC1=O)C2=O. The number of nitrogens with one attached hydrogen (secondary N) is 5. The number of halogens is 1. The molecule has 1 fully saturated rings. The fourth-order valence-corrected chi connectivity index (χ4v) is 6.27. The smallest absolute Gasteiger partial charge is 0.266 e. The molecular weight excluding hydrogens is 651 g/mol. The first-order valence-electron chi connectivity index (χ1n) is 16.0. The number of hydrogen-bond donors (Lipinski definition) is 5. The number of ether oxygens (including phenoxy) is 1. The van der Waals surface area contributed by atoms with Crippen LogP contribution in [-0.2, 0) is 19.2 Å². The molecule has 1 aromatic heterocycles. The molecule has 0 radical (unpaired) electrons. The van der Waals surface area contributed by atoms with Gasteiger partial charge in [-0.05, 0) is 75.1 Å². The molecule has 50 heavy (non-hydrogen) atoms. The Labute approximate surface area is 284 Å². The van der Waals surface area contributed by atoms with Gasteiger partial charge >= 0.3 is 0 Å². The average molecular weight is 685 g/mol. The van der Waals surface area contributed by atoms with Crippen LogP contribution >= 0.6 is 0 Å². The summed E-state index contributed by atoms with van der Waals surface area (Å²) in [6, 6.07) is 7.32. The molecule has 6 rings (SSSR count). The van der Waals surface area contributed by atoms with Crippen LogP contribution in [-0.4, -0.2) is 77.0 Å². The van der Waals surface area contributed by atoms with Crippen molar-refractivity contribution < 1.29 is 42.7 Å². The molecule has 3 aliphatic heterocycles. The topological polar surface area (TPSA) is 196 Å². The summed E-state index contributed by atoms with van der Waals surface area (Å²) in [4.78, 5) is 92.0. The molecule has 0 aliphatic carbocycles. The third-order valence-electron chi connectivity index (χ3n) is 8.76. The normalized spacial score (nSPS) is 17.4. The van der Waals surface area contributed by atoms with Gasteiger partial charge in [-0.25, -0.2) is 4.39 Å². The third kappa shape index (κ3) is 6.49. The van der Waals surface area contributed by atoms with Gasteiger partial charge in [0.05, 0.1) is 22.3 Å². The van der Waals surface area contributed by atoms with Crippen molar-refractivity contribution in [2.75, 3.05) is 25.0 Å². The van der Waals surface area contributed by atoms with E-state index in [1.54, 1.807) is 19.9 Å². The Morgan fingerprint density at radius 2 is 1.74 bits per heavy atom. The Morgan fingerprint density at radius 3 is 2.50 bits per heavy atom. The molecule has 0 saturated carbocycles. The second-order valence-corrected chi connectivity index (χ2v) is 12.1. The summed E-state index contributed by atoms with van der Waals surface area (Å²) in [7, 11) is 0. The molecule has 3 aliphatic rings. The number of hydrogen-bond acceptors (Lipinski definition) is 8. The maximum atomic E-state index is 13.8. The number of piperidine rings is 1. The van der Waals surface area contributed by atoms with Gasteiger partial charge < -0.3 is 25.7 Å². The molecule has 7 amide bonds. The van der Waals surface area contributed by atoms with Crippen LogP contribution in [0.4, 0.5) is 10.1 Å². The number of rotatable bonds is 11. The van der Waals surface area contributed by atoms with E-state index in [1.807, 2.05) is 0 Å². The van der Waals surface area contributed by atoms with Crippen molar-refractivity contribution in [3.8, 4) is 5.75 Å². The summed E-state index contributed by atoms with van der Waals surface area (Å²) >= 11 is 0. The molecule has 14 nitrogen and oxygen atoms in total. The number of aromatic nitrogens is 1. The highest BCUT2D eigenvalue weighted by atomic mass is 19.1. The highest BCUT2D eigenvalue weighted by Gasteiger charge is 2.46. The Kier molecular flexibility index (Phi) is 9.31. The molecule has 15 heteroatoms. The largest absolute Gasteiger partial charge is 0.483 e. The fraction of sp³-hybridized carbons (Fsp3) is 0.286. The summed E-state index contributed by atoms with van der Waals surface area (Å²) in [5, 5.41) is 10.4. The minimum Gasteiger partial charge on any atom is -0.483 e. The van der Waals surface area contributed by atoms with E-state index in [0.717, 1.165) is 4.90 Å². The van der Waals surface area contributed by atoms with E-state index < -0.39 is 48.0 Å². The molecule has 0 spiro atoms. The molecule has 2 aromatic carbocycles. The van der Waals surface area contributed by atoms with Gasteiger partial charge in [-0.1, -0.05) is 6.07 Å². The van der Waals surface area contributed by atoms with Crippen LogP contribution in [0.1, 0.15) is 79.3 Å². The summed E-state index contributed by atoms with van der Waals surface area (Å²) < 4.78 is 19.4. The zero-order valence-corrected chi connectivity index (χ0v) is 27.2. The number of aryl methyl sites for hydroxylation is 1. The van der Waals surface area contributed by atoms with Crippen LogP contribution in [0.5, 0.6) is 5.75 Å². The Morgan fingerprint density at radius 1 is 0.980 bits per heavy atom. The lowest BCUT2D eigenvalue weighted by Gasteiger charge is -2.27. The summed E-state index contributed by atoms with van der Waals surface area (Å²) in [6.07, 6.45) is 2.70. The van der Waals surface area contributed by atoms with Crippen LogP contribution in [0.25, 0.3) is 11.6 Å². The van der Waals surface area contributed by atoms with Crippen molar-refractivity contribution in [2.45, 2.75) is 45.6 Å². The van der Waals surface area contributed by atoms with E-state index in [2.05, 4.69) is 26.3 Å². The lowest BCUT2D eigenvalue weighted by atomic mass is 10.0. The fourth-order valence-electron chi connectivity index (χ4n) is 6.27. The Hall–Kier alpha value is -6.12. The zero-order chi connectivity index (χ0) is 35.7. The summed E-state index contributed by atoms with van der Waals surface area (Å²) in [5.74, 6) is -4.19. The zero-order valence-electron chi connectivity index (χ0n) is 27.2. The second-order valence-electron chi connectivity index (χ2n) is 12.1. The lowest BCUT2D eigenvalue weighted by molar-refractivity contribution is -0.136. The quantitative estimate of drug-likeness (QED) is 0.115. The highest BCUT2D eigenvalue weighted by Crippen LogP contribution is 2.35. The van der Waals surface area contributed by atoms with Crippen molar-refractivity contribution in [1.82, 2.24) is 25.8 Å². The third-order valence-corrected chi connectivity index (χ3v) is 8.76. The first kappa shape index (κ1) is 33.8. The number of carbonyl (C=O) groups is 7. The van der Waals surface area contributed by atoms with E-state index in [-0.39, 0.29) is 53.7 Å². The van der Waals surface area contributed by atoms with Crippen molar-refractivity contribution in [1.29, 1.82) is 0 Å². The number of nitrogens with zero attached hydrogens (tertiary/aromatic N) is 1. The van der Waals surface area contributed by atoms with E-state index >= 15 is 0 Å². The predicted molar refractivity (Wildman–Crippen MR) is 176 cm³/mol. The molecule has 1 atom stereocenters. The number of unbranched alkanes of at least 4 members (excludes halogenated alkanes) is 1. The van der Waals surface area contributed by atoms with Crippen molar-refractivity contribution in [3.63, 3.8) is 0 Å². The van der Waals surface area contributed by atoms with Gasteiger partial charge in [-0.2, -0.15) is 0 Å². The van der Waals surface area contributed by atoms with Crippen LogP contribution < -0.4 is 26.0 Å². The standard InChI is InChI=1S/C35H33FN6O8/c1-17-24(15-22-21-14-19(36)8-9-23(21)40-31(22)45)39-18(2)29(17)33(47)38-13-4-3-12-37-28(44)16-50-26-7-5-6-20-30(26)35(49)42(34(20)48)25-10-11-27(43)41-32(25)46/h5-9,14-15,25,39H,3-4,10-13,16H2,1-2H3,(H,37,44)(H,38,47)(H,40,45)(H,41,43,46)/b22-15-. The summed E-state index contributed by atoms with van der Waals surface area (Å²) in [6.45, 7) is 3.69. The Balaban J connectivity index is 0.959. The number of fused-ring (bicyclic) bond motifs is 2. The van der Waals surface area contributed by atoms with Crippen LogP contribution in [0.15, 0.2) is 36.4 Å². The van der Waals surface area contributed by atoms with Gasteiger partial charge in [0.1, 0.15) is 17.6 Å². The average Bonchev–Trinajstić information content (AvgIpc) is 3.64. The first-order chi connectivity index (χ1) is 23.9. The van der Waals surface area contributed by atoms with Gasteiger partial charge in [0.25, 0.3) is 29.5 Å². The number of amides is 7. The molecule has 5 N–H and O–H groups in total. The van der Waals surface area contributed by atoms with E-state index in [4.69, 9.17) is 4.74 Å². The predicted octanol–water partition coefficient (Wildman–Crippen LogP) is 2.37. The number of imide groups is 2. The number of anilines is 1. The maximum Gasteiger partial charge on any atom is 0.266 e. The Bertz CT molecular complexity index is 2020. The maximum absolute atomic E-state index is 13.8. The van der Waals surface area contributed by atoms with Crippen molar-refractivity contribution in [2.24, 2.45) is 0 Å². The van der Waals surface area contributed by atoms with Gasteiger partial charge in [-0.15, -0.1) is 0 Å². The van der Waals surface area contributed by atoms with Crippen LogP contribution in [0.2, 0.25) is 0 Å². The highest BCUT2D eigenvalue weighted by molar-refractivity contribution is 6.35. The monoisotopic (exact) mass is 684 g/mol. The molecule has 258 valence electrons. The number of aromatic amines is 1. The lowest BCUT2D eigenvalue weighted by Crippen LogP contribution is -2.54. The van der Waals surface area contributed by atoms with E-state index in [9.17, 15) is 38.0 Å². The van der Waals surface area contributed by atoms with Gasteiger partial charge in [0, 0.05) is 42.1 Å². The molecule has 4 heterocycles. The number of H-pyrrole nitrogens is 1. The van der Waals surface area contributed by atoms with Crippen molar-refractivity contribution in [3.05, 3.63) is 81.4 Å².